The third-order valence-corrected chi connectivity index (χ3v) is 7.12. The summed E-state index contributed by atoms with van der Waals surface area (Å²) < 4.78 is 25.9. The second kappa shape index (κ2) is 6.03. The molecular weight excluding hydrogens is 385 g/mol. The Morgan fingerprint density at radius 2 is 1.52 bits per heavy atom. The lowest BCUT2D eigenvalue weighted by molar-refractivity contribution is -0.141. The minimum absolute atomic E-state index is 0.0701. The van der Waals surface area contributed by atoms with Crippen LogP contribution < -0.4 is 0 Å². The van der Waals surface area contributed by atoms with Crippen molar-refractivity contribution in [3.05, 3.63) is 64.1 Å². The molecule has 8 heteroatoms. The van der Waals surface area contributed by atoms with E-state index >= 15 is 0 Å². The first kappa shape index (κ1) is 17.7. The summed E-state index contributed by atoms with van der Waals surface area (Å²) in [4.78, 5) is 11.7. The minimum Gasteiger partial charge on any atom is -0.480 e. The molecule has 0 radical (unpaired) electrons. The summed E-state index contributed by atoms with van der Waals surface area (Å²) in [5.74, 6) is -2.44. The number of sulfone groups is 1. The molecule has 2 aromatic carbocycles. The Hall–Kier alpha value is -2.07. The molecule has 0 bridgehead atoms. The van der Waals surface area contributed by atoms with Crippen molar-refractivity contribution in [2.45, 2.75) is 16.1 Å². The van der Waals surface area contributed by atoms with Crippen molar-refractivity contribution in [3.63, 3.8) is 0 Å². The molecule has 25 heavy (non-hydrogen) atoms. The highest BCUT2D eigenvalue weighted by Gasteiger charge is 2.77. The average molecular weight is 396 g/mol. The number of aliphatic carboxylic acids is 1. The van der Waals surface area contributed by atoms with E-state index in [-0.39, 0.29) is 4.90 Å². The lowest BCUT2D eigenvalue weighted by Crippen LogP contribution is -2.22. The summed E-state index contributed by atoms with van der Waals surface area (Å²) in [5.41, 5.74) is -1.59. The third kappa shape index (κ3) is 2.69. The SMILES string of the molecule is N#C[C@]1(C(=O)O)[C@@H](c2ccc(Cl)cc2)[C@@H]1S(=O)(=O)c1ccc(Cl)cc1. The van der Waals surface area contributed by atoms with Crippen molar-refractivity contribution in [1.29, 1.82) is 5.26 Å². The molecule has 1 aliphatic rings. The Morgan fingerprint density at radius 3 is 1.96 bits per heavy atom. The monoisotopic (exact) mass is 395 g/mol. The van der Waals surface area contributed by atoms with Crippen LogP contribution in [0.15, 0.2) is 53.4 Å². The van der Waals surface area contributed by atoms with Crippen molar-refractivity contribution in [2.75, 3.05) is 0 Å². The Labute approximate surface area is 154 Å². The molecule has 1 aliphatic carbocycles. The molecule has 5 nitrogen and oxygen atoms in total. The summed E-state index contributed by atoms with van der Waals surface area (Å²) in [7, 11) is -4.05. The van der Waals surface area contributed by atoms with Crippen molar-refractivity contribution in [3.8, 4) is 6.07 Å². The van der Waals surface area contributed by atoms with Crippen LogP contribution in [0.25, 0.3) is 0 Å². The van der Waals surface area contributed by atoms with Crippen LogP contribution in [0, 0.1) is 16.7 Å². The average Bonchev–Trinajstić information content (AvgIpc) is 3.27. The first-order valence-corrected chi connectivity index (χ1v) is 9.45. The fourth-order valence-corrected chi connectivity index (χ4v) is 5.60. The van der Waals surface area contributed by atoms with Crippen LogP contribution in [0.5, 0.6) is 0 Å². The molecule has 3 atom stereocenters. The van der Waals surface area contributed by atoms with Crippen molar-refractivity contribution >= 4 is 39.0 Å². The van der Waals surface area contributed by atoms with Crippen LogP contribution in [0.1, 0.15) is 11.5 Å². The number of hydrogen-bond donors (Lipinski definition) is 1. The van der Waals surface area contributed by atoms with Gasteiger partial charge in [0.25, 0.3) is 0 Å². The van der Waals surface area contributed by atoms with Crippen molar-refractivity contribution in [2.24, 2.45) is 5.41 Å². The van der Waals surface area contributed by atoms with Crippen LogP contribution in [0.3, 0.4) is 0 Å². The Kier molecular flexibility index (Phi) is 4.28. The standard InChI is InChI=1S/C17H11Cl2NO4S/c18-11-3-1-10(2-4-11)14-15(17(14,9-20)16(21)22)25(23,24)13-7-5-12(19)6-8-13/h1-8,14-15H,(H,21,22)/t14-,15-,17-/m0/s1. The highest BCUT2D eigenvalue weighted by molar-refractivity contribution is 7.92. The van der Waals surface area contributed by atoms with Crippen molar-refractivity contribution < 1.29 is 18.3 Å². The third-order valence-electron chi connectivity index (χ3n) is 4.38. The van der Waals surface area contributed by atoms with Gasteiger partial charge < -0.3 is 5.11 Å². The molecule has 0 heterocycles. The molecule has 3 rings (SSSR count). The van der Waals surface area contributed by atoms with Gasteiger partial charge in [0.1, 0.15) is 5.25 Å². The van der Waals surface area contributed by atoms with E-state index < -0.39 is 32.4 Å². The Bertz CT molecular complexity index is 981. The van der Waals surface area contributed by atoms with Gasteiger partial charge in [0.05, 0.1) is 11.0 Å². The van der Waals surface area contributed by atoms with E-state index in [1.54, 1.807) is 18.2 Å². The molecule has 0 amide bonds. The second-order valence-corrected chi connectivity index (χ2v) is 8.68. The first-order valence-electron chi connectivity index (χ1n) is 7.14. The van der Waals surface area contributed by atoms with E-state index in [9.17, 15) is 23.6 Å². The van der Waals surface area contributed by atoms with Crippen LogP contribution in [-0.2, 0) is 14.6 Å². The lowest BCUT2D eigenvalue weighted by Gasteiger charge is -2.05. The summed E-state index contributed by atoms with van der Waals surface area (Å²) in [6, 6.07) is 13.3. The number of nitriles is 1. The van der Waals surface area contributed by atoms with Gasteiger partial charge in [-0.3, -0.25) is 4.79 Å². The van der Waals surface area contributed by atoms with E-state index in [4.69, 9.17) is 23.2 Å². The van der Waals surface area contributed by atoms with Gasteiger partial charge in [-0.2, -0.15) is 5.26 Å². The van der Waals surface area contributed by atoms with Gasteiger partial charge in [-0.15, -0.1) is 0 Å². The minimum atomic E-state index is -4.05. The molecule has 0 aromatic heterocycles. The quantitative estimate of drug-likeness (QED) is 0.853. The van der Waals surface area contributed by atoms with Crippen LogP contribution >= 0.6 is 23.2 Å². The van der Waals surface area contributed by atoms with Crippen LogP contribution in [-0.4, -0.2) is 24.7 Å². The number of carboxylic acids is 1. The van der Waals surface area contributed by atoms with Crippen molar-refractivity contribution in [1.82, 2.24) is 0 Å². The van der Waals surface area contributed by atoms with E-state index in [0.29, 0.717) is 15.6 Å². The first-order chi connectivity index (χ1) is 11.7. The van der Waals surface area contributed by atoms with Gasteiger partial charge in [-0.1, -0.05) is 35.3 Å². The van der Waals surface area contributed by atoms with Gasteiger partial charge in [-0.05, 0) is 42.0 Å². The van der Waals surface area contributed by atoms with Gasteiger partial charge in [0.15, 0.2) is 15.3 Å². The van der Waals surface area contributed by atoms with E-state index in [1.165, 1.54) is 36.4 Å². The topological polar surface area (TPSA) is 95.2 Å². The number of rotatable bonds is 4. The Balaban J connectivity index is 2.12. The molecule has 0 spiro atoms. The summed E-state index contributed by atoms with van der Waals surface area (Å²) in [5, 5.41) is 18.5. The molecule has 0 unspecified atom stereocenters. The number of benzene rings is 2. The zero-order valence-electron chi connectivity index (χ0n) is 12.6. The van der Waals surface area contributed by atoms with Gasteiger partial charge in [0, 0.05) is 16.0 Å². The molecule has 2 aromatic rings. The fourth-order valence-electron chi connectivity index (χ4n) is 3.09. The zero-order valence-corrected chi connectivity index (χ0v) is 14.9. The Morgan fingerprint density at radius 1 is 1.04 bits per heavy atom. The number of carboxylic acid groups (broad SMARTS) is 1. The normalized spacial score (nSPS) is 25.2. The molecule has 1 N–H and O–H groups in total. The summed E-state index contributed by atoms with van der Waals surface area (Å²) >= 11 is 11.6. The van der Waals surface area contributed by atoms with Gasteiger partial charge >= 0.3 is 5.97 Å². The zero-order chi connectivity index (χ0) is 18.4. The lowest BCUT2D eigenvalue weighted by atomic mass is 10.0. The largest absolute Gasteiger partial charge is 0.480 e. The van der Waals surface area contributed by atoms with E-state index in [0.717, 1.165) is 0 Å². The van der Waals surface area contributed by atoms with Crippen LogP contribution in [0.4, 0.5) is 0 Å². The maximum Gasteiger partial charge on any atom is 0.326 e. The molecule has 1 fully saturated rings. The maximum atomic E-state index is 13.0. The maximum absolute atomic E-state index is 13.0. The summed E-state index contributed by atoms with van der Waals surface area (Å²) in [6.45, 7) is 0. The molecular formula is C17H11Cl2NO4S. The van der Waals surface area contributed by atoms with Crippen LogP contribution in [0.2, 0.25) is 10.0 Å². The number of halogens is 2. The second-order valence-electron chi connectivity index (χ2n) is 5.73. The van der Waals surface area contributed by atoms with Gasteiger partial charge in [-0.25, -0.2) is 8.42 Å². The predicted octanol–water partition coefficient (Wildman–Crippen LogP) is 3.53. The molecule has 1 saturated carbocycles. The van der Waals surface area contributed by atoms with E-state index in [1.807, 2.05) is 0 Å². The highest BCUT2D eigenvalue weighted by atomic mass is 35.5. The number of hydrogen-bond acceptors (Lipinski definition) is 4. The predicted molar refractivity (Wildman–Crippen MR) is 92.3 cm³/mol. The molecule has 0 aliphatic heterocycles. The number of carbonyl (C=O) groups is 1. The van der Waals surface area contributed by atoms with E-state index in [2.05, 4.69) is 0 Å². The molecule has 0 saturated heterocycles. The molecule has 128 valence electrons. The van der Waals surface area contributed by atoms with Gasteiger partial charge in [0.2, 0.25) is 0 Å². The highest BCUT2D eigenvalue weighted by Crippen LogP contribution is 2.64. The summed E-state index contributed by atoms with van der Waals surface area (Å²) in [6.07, 6.45) is 0. The fraction of sp³-hybridized carbons (Fsp3) is 0.176. The smallest absolute Gasteiger partial charge is 0.326 e. The number of nitrogens with zero attached hydrogens (tertiary/aromatic N) is 1.